The summed E-state index contributed by atoms with van der Waals surface area (Å²) in [5.74, 6) is -2.16. The van der Waals surface area contributed by atoms with Gasteiger partial charge in [0.05, 0.1) is 16.5 Å². The predicted molar refractivity (Wildman–Crippen MR) is 77.7 cm³/mol. The number of rotatable bonds is 6. The number of hydrogen-bond acceptors (Lipinski definition) is 3. The van der Waals surface area contributed by atoms with Crippen molar-refractivity contribution in [2.45, 2.75) is 31.2 Å². The van der Waals surface area contributed by atoms with Crippen LogP contribution in [0.5, 0.6) is 0 Å². The number of halogens is 3. The van der Waals surface area contributed by atoms with Crippen molar-refractivity contribution in [3.05, 3.63) is 28.0 Å². The highest BCUT2D eigenvalue weighted by atomic mass is 35.5. The second-order valence-electron chi connectivity index (χ2n) is 4.53. The topological polar surface area (TPSA) is 74.7 Å². The molecule has 0 saturated heterocycles. The molecule has 0 heterocycles. The zero-order valence-electron chi connectivity index (χ0n) is 11.3. The van der Waals surface area contributed by atoms with Gasteiger partial charge in [0.15, 0.2) is 5.82 Å². The number of sulfonamides is 1. The maximum absolute atomic E-state index is 13.7. The van der Waals surface area contributed by atoms with Crippen LogP contribution >= 0.6 is 23.2 Å². The summed E-state index contributed by atoms with van der Waals surface area (Å²) in [6, 6.07) is 1.68. The van der Waals surface area contributed by atoms with Crippen LogP contribution in [0.1, 0.15) is 20.3 Å². The summed E-state index contributed by atoms with van der Waals surface area (Å²) in [6.07, 6.45) is -0.370. The lowest BCUT2D eigenvalue weighted by Crippen LogP contribution is -2.38. The van der Waals surface area contributed by atoms with Gasteiger partial charge >= 0.3 is 5.97 Å². The normalized spacial score (nSPS) is 12.1. The van der Waals surface area contributed by atoms with Gasteiger partial charge in [-0.3, -0.25) is 4.79 Å². The zero-order valence-corrected chi connectivity index (χ0v) is 13.6. The average molecular weight is 358 g/mol. The summed E-state index contributed by atoms with van der Waals surface area (Å²) in [4.78, 5) is 10.2. The molecule has 1 aromatic carbocycles. The van der Waals surface area contributed by atoms with E-state index in [1.54, 1.807) is 13.8 Å². The molecule has 0 unspecified atom stereocenters. The Morgan fingerprint density at radius 3 is 2.43 bits per heavy atom. The van der Waals surface area contributed by atoms with Crippen molar-refractivity contribution in [3.8, 4) is 0 Å². The molecule has 0 saturated carbocycles. The average Bonchev–Trinajstić information content (AvgIpc) is 2.34. The highest BCUT2D eigenvalue weighted by Gasteiger charge is 2.30. The van der Waals surface area contributed by atoms with Crippen molar-refractivity contribution in [2.75, 3.05) is 6.54 Å². The number of benzene rings is 1. The van der Waals surface area contributed by atoms with Crippen molar-refractivity contribution in [2.24, 2.45) is 0 Å². The first-order valence-corrected chi connectivity index (χ1v) is 8.15. The van der Waals surface area contributed by atoms with E-state index in [0.717, 1.165) is 16.4 Å². The highest BCUT2D eigenvalue weighted by molar-refractivity contribution is 7.89. The fourth-order valence-electron chi connectivity index (χ4n) is 1.70. The maximum atomic E-state index is 13.7. The molecule has 0 atom stereocenters. The largest absolute Gasteiger partial charge is 0.481 e. The molecule has 118 valence electrons. The van der Waals surface area contributed by atoms with Gasteiger partial charge in [-0.1, -0.05) is 23.2 Å². The first-order valence-electron chi connectivity index (χ1n) is 5.96. The molecule has 0 fully saturated rings. The summed E-state index contributed by atoms with van der Waals surface area (Å²) in [7, 11) is -4.13. The molecular weight excluding hydrogens is 344 g/mol. The van der Waals surface area contributed by atoms with E-state index in [9.17, 15) is 17.6 Å². The molecular formula is C12H14Cl2FNO4S. The molecule has 0 aliphatic heterocycles. The van der Waals surface area contributed by atoms with E-state index in [4.69, 9.17) is 28.3 Å². The smallest absolute Gasteiger partial charge is 0.304 e. The molecule has 0 spiro atoms. The van der Waals surface area contributed by atoms with Gasteiger partial charge in [-0.2, -0.15) is 4.31 Å². The Morgan fingerprint density at radius 1 is 1.38 bits per heavy atom. The lowest BCUT2D eigenvalue weighted by molar-refractivity contribution is -0.137. The maximum Gasteiger partial charge on any atom is 0.304 e. The van der Waals surface area contributed by atoms with E-state index in [2.05, 4.69) is 0 Å². The molecule has 1 N–H and O–H groups in total. The minimum atomic E-state index is -4.13. The minimum absolute atomic E-state index is 0.240. The van der Waals surface area contributed by atoms with Crippen molar-refractivity contribution in [1.29, 1.82) is 0 Å². The molecule has 0 aliphatic carbocycles. The number of carbonyl (C=O) groups is 1. The monoisotopic (exact) mass is 357 g/mol. The van der Waals surface area contributed by atoms with E-state index in [1.165, 1.54) is 0 Å². The minimum Gasteiger partial charge on any atom is -0.481 e. The van der Waals surface area contributed by atoms with Gasteiger partial charge in [0, 0.05) is 12.6 Å². The van der Waals surface area contributed by atoms with Gasteiger partial charge in [0.2, 0.25) is 10.0 Å². The predicted octanol–water partition coefficient (Wildman–Crippen LogP) is 3.01. The Balaban J connectivity index is 3.30. The number of hydrogen-bond donors (Lipinski definition) is 1. The van der Waals surface area contributed by atoms with Crippen LogP contribution in [-0.2, 0) is 14.8 Å². The van der Waals surface area contributed by atoms with Gasteiger partial charge < -0.3 is 5.11 Å². The van der Waals surface area contributed by atoms with Crippen LogP contribution in [0.15, 0.2) is 17.0 Å². The SMILES string of the molecule is CC(C)N(CCC(=O)O)S(=O)(=O)c1ccc(Cl)c(F)c1Cl. The van der Waals surface area contributed by atoms with Crippen LogP contribution in [0, 0.1) is 5.82 Å². The first kappa shape index (κ1) is 18.2. The molecule has 0 aliphatic rings. The lowest BCUT2D eigenvalue weighted by Gasteiger charge is -2.25. The third kappa shape index (κ3) is 4.06. The lowest BCUT2D eigenvalue weighted by atomic mass is 10.3. The van der Waals surface area contributed by atoms with E-state index >= 15 is 0 Å². The van der Waals surface area contributed by atoms with Crippen LogP contribution in [0.2, 0.25) is 10.0 Å². The van der Waals surface area contributed by atoms with Crippen LogP contribution in [0.4, 0.5) is 4.39 Å². The van der Waals surface area contributed by atoms with Gasteiger partial charge in [-0.15, -0.1) is 0 Å². The Labute approximate surface area is 132 Å². The van der Waals surface area contributed by atoms with Crippen molar-refractivity contribution >= 4 is 39.2 Å². The standard InChI is InChI=1S/C12H14Cl2FNO4S/c1-7(2)16(6-5-10(17)18)21(19,20)9-4-3-8(13)12(15)11(9)14/h3-4,7H,5-6H2,1-2H3,(H,17,18). The molecule has 1 rings (SSSR count). The molecule has 0 aromatic heterocycles. The van der Waals surface area contributed by atoms with Gasteiger partial charge in [0.25, 0.3) is 0 Å². The number of aliphatic carboxylic acids is 1. The fourth-order valence-corrected chi connectivity index (χ4v) is 4.05. The molecule has 0 bridgehead atoms. The van der Waals surface area contributed by atoms with Gasteiger partial charge in [-0.25, -0.2) is 12.8 Å². The highest BCUT2D eigenvalue weighted by Crippen LogP contribution is 2.31. The fraction of sp³-hybridized carbons (Fsp3) is 0.417. The molecule has 0 amide bonds. The molecule has 1 aromatic rings. The first-order chi connectivity index (χ1) is 9.59. The van der Waals surface area contributed by atoms with Gasteiger partial charge in [0.1, 0.15) is 4.90 Å². The van der Waals surface area contributed by atoms with Crippen LogP contribution < -0.4 is 0 Å². The third-order valence-electron chi connectivity index (χ3n) is 2.71. The zero-order chi connectivity index (χ0) is 16.4. The van der Waals surface area contributed by atoms with Crippen LogP contribution in [0.25, 0.3) is 0 Å². The van der Waals surface area contributed by atoms with E-state index in [-0.39, 0.29) is 18.0 Å². The Morgan fingerprint density at radius 2 is 1.95 bits per heavy atom. The summed E-state index contributed by atoms with van der Waals surface area (Å²) in [5, 5.41) is 7.79. The van der Waals surface area contributed by atoms with Crippen molar-refractivity contribution in [3.63, 3.8) is 0 Å². The quantitative estimate of drug-likeness (QED) is 0.794. The second kappa shape index (κ2) is 6.91. The van der Waals surface area contributed by atoms with Crippen molar-refractivity contribution in [1.82, 2.24) is 4.31 Å². The molecule has 21 heavy (non-hydrogen) atoms. The van der Waals surface area contributed by atoms with Gasteiger partial charge in [-0.05, 0) is 26.0 Å². The molecule has 5 nitrogen and oxygen atoms in total. The number of carboxylic acids is 1. The summed E-state index contributed by atoms with van der Waals surface area (Å²) in [5.41, 5.74) is 0. The van der Waals surface area contributed by atoms with E-state index in [0.29, 0.717) is 0 Å². The van der Waals surface area contributed by atoms with Crippen LogP contribution in [0.3, 0.4) is 0 Å². The Bertz CT molecular complexity index is 649. The third-order valence-corrected chi connectivity index (χ3v) is 5.60. The number of carboxylic acid groups (broad SMARTS) is 1. The summed E-state index contributed by atoms with van der Waals surface area (Å²) >= 11 is 11.2. The Kier molecular flexibility index (Phi) is 5.98. The summed E-state index contributed by atoms with van der Waals surface area (Å²) in [6.45, 7) is 2.93. The van der Waals surface area contributed by atoms with E-state index in [1.807, 2.05) is 0 Å². The van der Waals surface area contributed by atoms with E-state index < -0.39 is 37.8 Å². The summed E-state index contributed by atoms with van der Waals surface area (Å²) < 4.78 is 39.6. The van der Waals surface area contributed by atoms with Crippen LogP contribution in [-0.4, -0.2) is 36.4 Å². The Hall–Kier alpha value is -0.890. The van der Waals surface area contributed by atoms with Crippen molar-refractivity contribution < 1.29 is 22.7 Å². The molecule has 9 heteroatoms. The second-order valence-corrected chi connectivity index (χ2v) is 7.17. The molecule has 0 radical (unpaired) electrons. The number of nitrogens with zero attached hydrogens (tertiary/aromatic N) is 1.